The number of benzene rings is 1. The number of anilines is 1. The van der Waals surface area contributed by atoms with Gasteiger partial charge >= 0.3 is 0 Å². The summed E-state index contributed by atoms with van der Waals surface area (Å²) in [5.41, 5.74) is 2.39. The summed E-state index contributed by atoms with van der Waals surface area (Å²) in [6.45, 7) is 1.22. The van der Waals surface area contributed by atoms with E-state index < -0.39 is 30.8 Å². The Hall–Kier alpha value is -4.51. The maximum absolute atomic E-state index is 13.7. The van der Waals surface area contributed by atoms with Crippen LogP contribution in [0.25, 0.3) is 11.1 Å². The van der Waals surface area contributed by atoms with Crippen molar-refractivity contribution in [3.05, 3.63) is 80.9 Å². The molecule has 2 aromatic heterocycles. The largest absolute Gasteiger partial charge is 0.376 e. The van der Waals surface area contributed by atoms with E-state index in [1.165, 1.54) is 6.07 Å². The predicted molar refractivity (Wildman–Crippen MR) is 166 cm³/mol. The van der Waals surface area contributed by atoms with Gasteiger partial charge in [-0.25, -0.2) is 13.8 Å². The number of nitrogens with one attached hydrogen (secondary N) is 2. The first-order valence-corrected chi connectivity index (χ1v) is 15.9. The van der Waals surface area contributed by atoms with Gasteiger partial charge in [-0.15, -0.1) is 0 Å². The fourth-order valence-corrected chi connectivity index (χ4v) is 5.99. The van der Waals surface area contributed by atoms with Crippen LogP contribution in [0.1, 0.15) is 75.2 Å². The van der Waals surface area contributed by atoms with Crippen molar-refractivity contribution in [1.29, 1.82) is 5.26 Å². The number of carbonyl (C=O) groups is 2. The van der Waals surface area contributed by atoms with Gasteiger partial charge in [0.05, 0.1) is 50.6 Å². The summed E-state index contributed by atoms with van der Waals surface area (Å²) in [4.78, 5) is 46.2. The minimum atomic E-state index is -2.94. The first-order chi connectivity index (χ1) is 22.7. The molecule has 4 aliphatic rings. The molecule has 7 rings (SSSR count). The first kappa shape index (κ1) is 31.1. The summed E-state index contributed by atoms with van der Waals surface area (Å²) in [5.74, 6) is -3.80. The minimum Gasteiger partial charge on any atom is -0.376 e. The van der Waals surface area contributed by atoms with E-state index in [1.54, 1.807) is 35.0 Å². The molecule has 1 atom stereocenters. The zero-order valence-corrected chi connectivity index (χ0v) is 25.6. The van der Waals surface area contributed by atoms with Gasteiger partial charge in [-0.05, 0) is 72.7 Å². The van der Waals surface area contributed by atoms with Crippen LogP contribution in [-0.4, -0.2) is 77.7 Å². The van der Waals surface area contributed by atoms with Crippen LogP contribution < -0.4 is 16.2 Å². The van der Waals surface area contributed by atoms with Gasteiger partial charge in [0.15, 0.2) is 0 Å². The minimum absolute atomic E-state index is 0.0124. The normalized spacial score (nSPS) is 20.3. The molecular weight excluding hydrogens is 610 g/mol. The molecule has 2 amide bonds. The van der Waals surface area contributed by atoms with Crippen LogP contribution in [0.5, 0.6) is 0 Å². The molecule has 0 radical (unpaired) electrons. The lowest BCUT2D eigenvalue weighted by Crippen LogP contribution is -2.58. The van der Waals surface area contributed by atoms with Crippen molar-refractivity contribution in [2.45, 2.75) is 56.2 Å². The summed E-state index contributed by atoms with van der Waals surface area (Å²) in [6.07, 6.45) is 5.26. The fraction of sp³-hybridized carbons (Fsp3) is 0.441. The number of nitriles is 1. The lowest BCUT2D eigenvalue weighted by molar-refractivity contribution is -0.113. The molecule has 2 aliphatic heterocycles. The van der Waals surface area contributed by atoms with E-state index in [9.17, 15) is 28.4 Å². The predicted octanol–water partition coefficient (Wildman–Crippen LogP) is 3.84. The van der Waals surface area contributed by atoms with Crippen LogP contribution in [0.3, 0.4) is 0 Å². The molecule has 2 aliphatic carbocycles. The number of hydrogen-bond acceptors (Lipinski definition) is 8. The molecule has 0 spiro atoms. The summed E-state index contributed by atoms with van der Waals surface area (Å²) in [7, 11) is 0. The number of hydrogen-bond donors (Lipinski definition) is 2. The Morgan fingerprint density at radius 1 is 1.06 bits per heavy atom. The Labute approximate surface area is 269 Å². The first-order valence-electron chi connectivity index (χ1n) is 15.9. The zero-order chi connectivity index (χ0) is 32.7. The van der Waals surface area contributed by atoms with Gasteiger partial charge in [-0.2, -0.15) is 5.26 Å². The summed E-state index contributed by atoms with van der Waals surface area (Å²) in [5, 5.41) is 15.6. The second-order valence-electron chi connectivity index (χ2n) is 12.7. The number of alkyl halides is 2. The standard InChI is InChI=1S/C34H34F2N6O5/c35-34(36)18-41(19-34)32(44)27-9-20(13-37)1-6-26(27)23-11-29(22-2-3-22)39-30(12-23)40-31(43)28-10-21(16-42(33(28)45)24-4-5-24)14-38-15-25-17-46-7-8-47-25/h1,6,9-12,16,22,24-25,38H,2-5,7-8,14-15,17-19H2,(H,39,40,43)/t25-/m1/s1. The number of likely N-dealkylation sites (tertiary alicyclic amines) is 1. The van der Waals surface area contributed by atoms with Crippen molar-refractivity contribution < 1.29 is 27.8 Å². The summed E-state index contributed by atoms with van der Waals surface area (Å²) < 4.78 is 40.0. The molecule has 13 heteroatoms. The molecule has 47 heavy (non-hydrogen) atoms. The maximum atomic E-state index is 13.7. The quantitative estimate of drug-likeness (QED) is 0.340. The molecule has 11 nitrogen and oxygen atoms in total. The van der Waals surface area contributed by atoms with E-state index in [0.717, 1.165) is 36.1 Å². The summed E-state index contributed by atoms with van der Waals surface area (Å²) in [6, 6.07) is 11.6. The maximum Gasteiger partial charge on any atom is 0.282 e. The van der Waals surface area contributed by atoms with Crippen LogP contribution in [0.2, 0.25) is 0 Å². The van der Waals surface area contributed by atoms with Crippen molar-refractivity contribution in [1.82, 2.24) is 19.8 Å². The van der Waals surface area contributed by atoms with E-state index >= 15 is 0 Å². The van der Waals surface area contributed by atoms with E-state index in [4.69, 9.17) is 9.47 Å². The van der Waals surface area contributed by atoms with Crippen molar-refractivity contribution in [2.24, 2.45) is 0 Å². The van der Waals surface area contributed by atoms with Crippen LogP contribution in [0.15, 0.2) is 47.4 Å². The molecule has 244 valence electrons. The van der Waals surface area contributed by atoms with E-state index in [1.807, 2.05) is 12.1 Å². The second-order valence-corrected chi connectivity index (χ2v) is 12.7. The number of pyridine rings is 2. The van der Waals surface area contributed by atoms with E-state index in [2.05, 4.69) is 15.6 Å². The van der Waals surface area contributed by atoms with Gasteiger partial charge in [0, 0.05) is 42.5 Å². The van der Waals surface area contributed by atoms with Crippen molar-refractivity contribution >= 4 is 17.6 Å². The number of halogens is 2. The monoisotopic (exact) mass is 644 g/mol. The third kappa shape index (κ3) is 6.95. The van der Waals surface area contributed by atoms with E-state index in [-0.39, 0.29) is 46.1 Å². The molecule has 2 saturated carbocycles. The Kier molecular flexibility index (Phi) is 8.34. The number of carbonyl (C=O) groups excluding carboxylic acids is 2. The molecule has 2 saturated heterocycles. The highest BCUT2D eigenvalue weighted by Gasteiger charge is 2.46. The highest BCUT2D eigenvalue weighted by atomic mass is 19.3. The molecule has 4 heterocycles. The lowest BCUT2D eigenvalue weighted by atomic mass is 9.95. The van der Waals surface area contributed by atoms with Gasteiger partial charge in [0.2, 0.25) is 0 Å². The molecule has 3 aromatic rings. The Balaban J connectivity index is 1.17. The number of aromatic nitrogens is 2. The highest BCUT2D eigenvalue weighted by Crippen LogP contribution is 2.42. The number of amides is 2. The van der Waals surface area contributed by atoms with Crippen LogP contribution in [0, 0.1) is 11.3 Å². The Bertz CT molecular complexity index is 1820. The smallest absolute Gasteiger partial charge is 0.282 e. The SMILES string of the molecule is N#Cc1ccc(-c2cc(NC(=O)c3cc(CNC[C@@H]4COCCO4)cn(C4CC4)c3=O)nc(C3CC3)c2)c(C(=O)N2CC(F)(F)C2)c1. The topological polar surface area (TPSA) is 139 Å². The number of nitrogens with zero attached hydrogens (tertiary/aromatic N) is 4. The van der Waals surface area contributed by atoms with Crippen molar-refractivity contribution in [3.63, 3.8) is 0 Å². The average Bonchev–Trinajstić information content (AvgIpc) is 3.98. The van der Waals surface area contributed by atoms with Crippen LogP contribution >= 0.6 is 0 Å². The van der Waals surface area contributed by atoms with Crippen LogP contribution in [0.4, 0.5) is 14.6 Å². The Morgan fingerprint density at radius 2 is 1.87 bits per heavy atom. The van der Waals surface area contributed by atoms with Gasteiger partial charge in [-0.3, -0.25) is 14.4 Å². The lowest BCUT2D eigenvalue weighted by Gasteiger charge is -2.39. The molecule has 4 fully saturated rings. The fourth-order valence-electron chi connectivity index (χ4n) is 5.99. The molecule has 0 unspecified atom stereocenters. The Morgan fingerprint density at radius 3 is 2.55 bits per heavy atom. The number of rotatable bonds is 10. The van der Waals surface area contributed by atoms with Crippen molar-refractivity contribution in [3.8, 4) is 17.2 Å². The average molecular weight is 645 g/mol. The molecule has 1 aromatic carbocycles. The number of ether oxygens (including phenoxy) is 2. The summed E-state index contributed by atoms with van der Waals surface area (Å²) >= 11 is 0. The highest BCUT2D eigenvalue weighted by molar-refractivity contribution is 6.05. The van der Waals surface area contributed by atoms with Crippen molar-refractivity contribution in [2.75, 3.05) is 44.8 Å². The zero-order valence-electron chi connectivity index (χ0n) is 25.6. The third-order valence-corrected chi connectivity index (χ3v) is 8.77. The van der Waals surface area contributed by atoms with Gasteiger partial charge in [0.25, 0.3) is 23.3 Å². The second kappa shape index (κ2) is 12.6. The molecule has 0 bridgehead atoms. The van der Waals surface area contributed by atoms with Gasteiger partial charge in [0.1, 0.15) is 11.4 Å². The van der Waals surface area contributed by atoms with Crippen LogP contribution in [-0.2, 0) is 16.0 Å². The van der Waals surface area contributed by atoms with E-state index in [0.29, 0.717) is 49.7 Å². The van der Waals surface area contributed by atoms with Gasteiger partial charge < -0.3 is 29.6 Å². The molecule has 2 N–H and O–H groups in total. The third-order valence-electron chi connectivity index (χ3n) is 8.77. The van der Waals surface area contributed by atoms with Gasteiger partial charge in [-0.1, -0.05) is 6.07 Å². The molecular formula is C34H34F2N6O5.